The molecule has 0 aromatic carbocycles. The predicted octanol–water partition coefficient (Wildman–Crippen LogP) is 1.45. The lowest BCUT2D eigenvalue weighted by atomic mass is 10.3. The van der Waals surface area contributed by atoms with Crippen LogP contribution >= 0.6 is 11.8 Å². The molecule has 0 aliphatic carbocycles. The second-order valence-corrected chi connectivity index (χ2v) is 3.05. The summed E-state index contributed by atoms with van der Waals surface area (Å²) in [6, 6.07) is 0. The van der Waals surface area contributed by atoms with E-state index in [1.165, 1.54) is 11.8 Å². The van der Waals surface area contributed by atoms with Crippen molar-refractivity contribution in [1.29, 1.82) is 0 Å². The van der Waals surface area contributed by atoms with Crippen LogP contribution in [0.4, 0.5) is 4.79 Å². The molecule has 0 spiro atoms. The van der Waals surface area contributed by atoms with E-state index < -0.39 is 0 Å². The molecule has 2 N–H and O–H groups in total. The smallest absolute Gasteiger partial charge is 0.276 e. The van der Waals surface area contributed by atoms with Crippen LogP contribution in [-0.4, -0.2) is 11.0 Å². The summed E-state index contributed by atoms with van der Waals surface area (Å²) < 4.78 is 0. The molecule has 3 heteroatoms. The van der Waals surface area contributed by atoms with Gasteiger partial charge in [0, 0.05) is 5.75 Å². The van der Waals surface area contributed by atoms with Gasteiger partial charge < -0.3 is 5.73 Å². The van der Waals surface area contributed by atoms with Gasteiger partial charge in [-0.15, -0.1) is 0 Å². The molecule has 0 bridgehead atoms. The van der Waals surface area contributed by atoms with Gasteiger partial charge in [-0.3, -0.25) is 4.79 Å². The molecule has 0 aromatic rings. The van der Waals surface area contributed by atoms with Crippen LogP contribution in [0.1, 0.15) is 13.8 Å². The Balaban J connectivity index is 3.05. The molecule has 0 rings (SSSR count). The van der Waals surface area contributed by atoms with E-state index in [1.54, 1.807) is 0 Å². The fourth-order valence-corrected chi connectivity index (χ4v) is 0.746. The number of amides is 1. The number of carbonyl (C=O) groups is 1. The number of hydrogen-bond donors (Lipinski definition) is 1. The van der Waals surface area contributed by atoms with Crippen LogP contribution in [0.3, 0.4) is 0 Å². The summed E-state index contributed by atoms with van der Waals surface area (Å²) in [7, 11) is 0. The molecular weight excluding hydrogens is 122 g/mol. The van der Waals surface area contributed by atoms with E-state index >= 15 is 0 Å². The highest BCUT2D eigenvalue weighted by molar-refractivity contribution is 8.13. The van der Waals surface area contributed by atoms with Crippen LogP contribution in [0.2, 0.25) is 0 Å². The molecule has 1 amide bonds. The van der Waals surface area contributed by atoms with E-state index in [0.29, 0.717) is 5.92 Å². The average molecular weight is 133 g/mol. The number of nitrogens with two attached hydrogens (primary N) is 1. The van der Waals surface area contributed by atoms with Crippen molar-refractivity contribution >= 4 is 17.0 Å². The molecule has 0 radical (unpaired) electrons. The first-order valence-electron chi connectivity index (χ1n) is 2.55. The Morgan fingerprint density at radius 1 is 1.75 bits per heavy atom. The maximum Gasteiger partial charge on any atom is 0.276 e. The number of carbonyl (C=O) groups excluding carboxylic acids is 1. The third kappa shape index (κ3) is 5.82. The first-order valence-corrected chi connectivity index (χ1v) is 3.53. The summed E-state index contributed by atoms with van der Waals surface area (Å²) in [5, 5.41) is -0.279. The van der Waals surface area contributed by atoms with E-state index in [0.717, 1.165) is 5.75 Å². The Hall–Kier alpha value is -0.180. The summed E-state index contributed by atoms with van der Waals surface area (Å²) >= 11 is 1.18. The first kappa shape index (κ1) is 7.82. The van der Waals surface area contributed by atoms with Crippen molar-refractivity contribution in [3.8, 4) is 0 Å². The minimum atomic E-state index is -0.279. The molecule has 0 aromatic heterocycles. The second-order valence-electron chi connectivity index (χ2n) is 2.02. The van der Waals surface area contributed by atoms with Crippen molar-refractivity contribution in [2.24, 2.45) is 11.7 Å². The molecule has 0 fully saturated rings. The van der Waals surface area contributed by atoms with Crippen molar-refractivity contribution < 1.29 is 4.79 Å². The Kier molecular flexibility index (Phi) is 3.69. The molecule has 48 valence electrons. The maximum atomic E-state index is 10.1. The van der Waals surface area contributed by atoms with Crippen LogP contribution < -0.4 is 5.73 Å². The fraction of sp³-hybridized carbons (Fsp3) is 0.800. The Bertz CT molecular complexity index is 82.5. The third-order valence-electron chi connectivity index (χ3n) is 0.559. The van der Waals surface area contributed by atoms with Crippen LogP contribution in [-0.2, 0) is 0 Å². The number of rotatable bonds is 2. The van der Waals surface area contributed by atoms with Crippen molar-refractivity contribution in [3.63, 3.8) is 0 Å². The molecule has 2 nitrogen and oxygen atoms in total. The molecule has 0 unspecified atom stereocenters. The molecule has 0 aliphatic heterocycles. The van der Waals surface area contributed by atoms with Crippen molar-refractivity contribution in [2.75, 3.05) is 5.75 Å². The Morgan fingerprint density at radius 2 is 2.25 bits per heavy atom. The Labute approximate surface area is 53.8 Å². The highest BCUT2D eigenvalue weighted by atomic mass is 32.2. The van der Waals surface area contributed by atoms with Gasteiger partial charge in [0.25, 0.3) is 5.24 Å². The van der Waals surface area contributed by atoms with Gasteiger partial charge in [-0.25, -0.2) is 0 Å². The summed E-state index contributed by atoms with van der Waals surface area (Å²) in [4.78, 5) is 10.1. The number of primary amides is 1. The van der Waals surface area contributed by atoms with E-state index in [-0.39, 0.29) is 5.24 Å². The SMILES string of the molecule is CC(C)CSC(N)=O. The average Bonchev–Trinajstić information content (AvgIpc) is 1.61. The van der Waals surface area contributed by atoms with Gasteiger partial charge >= 0.3 is 0 Å². The zero-order valence-corrected chi connectivity index (χ0v) is 5.99. The van der Waals surface area contributed by atoms with Gasteiger partial charge in [0.05, 0.1) is 0 Å². The molecule has 0 aliphatic rings. The summed E-state index contributed by atoms with van der Waals surface area (Å²) in [5.41, 5.74) is 4.86. The van der Waals surface area contributed by atoms with Gasteiger partial charge in [-0.1, -0.05) is 25.6 Å². The summed E-state index contributed by atoms with van der Waals surface area (Å²) in [6.07, 6.45) is 0. The zero-order chi connectivity index (χ0) is 6.57. The van der Waals surface area contributed by atoms with Crippen molar-refractivity contribution in [1.82, 2.24) is 0 Å². The number of thioether (sulfide) groups is 1. The van der Waals surface area contributed by atoms with Gasteiger partial charge in [-0.2, -0.15) is 0 Å². The monoisotopic (exact) mass is 133 g/mol. The maximum absolute atomic E-state index is 10.1. The predicted molar refractivity (Wildman–Crippen MR) is 36.9 cm³/mol. The molecule has 0 atom stereocenters. The van der Waals surface area contributed by atoms with Gasteiger partial charge in [0.1, 0.15) is 0 Å². The molecule has 0 heterocycles. The van der Waals surface area contributed by atoms with Gasteiger partial charge in [0.2, 0.25) is 0 Å². The highest BCUT2D eigenvalue weighted by Crippen LogP contribution is 2.05. The standard InChI is InChI=1S/C5H11NOS/c1-4(2)3-8-5(6)7/h4H,3H2,1-2H3,(H2,6,7). The van der Waals surface area contributed by atoms with Gasteiger partial charge in [-0.05, 0) is 5.92 Å². The summed E-state index contributed by atoms with van der Waals surface area (Å²) in [5.74, 6) is 1.38. The van der Waals surface area contributed by atoms with Crippen LogP contribution in [0.25, 0.3) is 0 Å². The van der Waals surface area contributed by atoms with Crippen LogP contribution in [0, 0.1) is 5.92 Å². The van der Waals surface area contributed by atoms with Crippen LogP contribution in [0.5, 0.6) is 0 Å². The second kappa shape index (κ2) is 3.78. The molecular formula is C5H11NOS. The van der Waals surface area contributed by atoms with E-state index in [4.69, 9.17) is 5.73 Å². The van der Waals surface area contributed by atoms with Crippen molar-refractivity contribution in [3.05, 3.63) is 0 Å². The van der Waals surface area contributed by atoms with E-state index in [2.05, 4.69) is 13.8 Å². The van der Waals surface area contributed by atoms with Crippen molar-refractivity contribution in [2.45, 2.75) is 13.8 Å². The molecule has 8 heavy (non-hydrogen) atoms. The highest BCUT2D eigenvalue weighted by Gasteiger charge is 1.96. The lowest BCUT2D eigenvalue weighted by molar-refractivity contribution is 0.267. The van der Waals surface area contributed by atoms with E-state index in [1.807, 2.05) is 0 Å². The first-order chi connectivity index (χ1) is 3.63. The topological polar surface area (TPSA) is 43.1 Å². The fourth-order valence-electron chi connectivity index (χ4n) is 0.249. The minimum absolute atomic E-state index is 0.279. The Morgan fingerprint density at radius 3 is 2.38 bits per heavy atom. The van der Waals surface area contributed by atoms with E-state index in [9.17, 15) is 4.79 Å². The lowest BCUT2D eigenvalue weighted by Crippen LogP contribution is -2.05. The minimum Gasteiger partial charge on any atom is -0.361 e. The quantitative estimate of drug-likeness (QED) is 0.619. The number of hydrogen-bond acceptors (Lipinski definition) is 2. The largest absolute Gasteiger partial charge is 0.361 e. The van der Waals surface area contributed by atoms with Crippen LogP contribution in [0.15, 0.2) is 0 Å². The van der Waals surface area contributed by atoms with Gasteiger partial charge in [0.15, 0.2) is 0 Å². The lowest BCUT2D eigenvalue weighted by Gasteiger charge is -1.97. The third-order valence-corrected chi connectivity index (χ3v) is 1.68. The molecule has 0 saturated heterocycles. The molecule has 0 saturated carbocycles. The normalized spacial score (nSPS) is 9.88. The summed E-state index contributed by atoms with van der Waals surface area (Å²) in [6.45, 7) is 4.10. The zero-order valence-electron chi connectivity index (χ0n) is 5.18.